The first kappa shape index (κ1) is 22.2. The van der Waals surface area contributed by atoms with E-state index in [0.717, 1.165) is 43.6 Å². The van der Waals surface area contributed by atoms with Crippen LogP contribution in [0.3, 0.4) is 0 Å². The Balaban J connectivity index is 0.00000312. The first-order valence-electron chi connectivity index (χ1n) is 9.35. The summed E-state index contributed by atoms with van der Waals surface area (Å²) >= 11 is 0. The largest absolute Gasteiger partial charge is 0.357 e. The summed E-state index contributed by atoms with van der Waals surface area (Å²) in [5, 5.41) is 6.75. The lowest BCUT2D eigenvalue weighted by molar-refractivity contribution is 0.142. The van der Waals surface area contributed by atoms with Gasteiger partial charge in [0.15, 0.2) is 5.96 Å². The lowest BCUT2D eigenvalue weighted by Gasteiger charge is -2.35. The molecular weight excluding hydrogens is 425 g/mol. The summed E-state index contributed by atoms with van der Waals surface area (Å²) < 4.78 is 0. The SMILES string of the molecule is CCNC(=NCC(C)N1CCCC(C)C1)NCCc1ccccn1.I. The molecule has 25 heavy (non-hydrogen) atoms. The maximum Gasteiger partial charge on any atom is 0.191 e. The van der Waals surface area contributed by atoms with Gasteiger partial charge in [0, 0.05) is 44.0 Å². The summed E-state index contributed by atoms with van der Waals surface area (Å²) in [6, 6.07) is 6.54. The highest BCUT2D eigenvalue weighted by Gasteiger charge is 2.20. The van der Waals surface area contributed by atoms with E-state index < -0.39 is 0 Å². The summed E-state index contributed by atoms with van der Waals surface area (Å²) in [4.78, 5) is 11.7. The van der Waals surface area contributed by atoms with Gasteiger partial charge in [0.05, 0.1) is 6.54 Å². The van der Waals surface area contributed by atoms with E-state index in [1.54, 1.807) is 0 Å². The molecule has 1 aromatic rings. The number of hydrogen-bond acceptors (Lipinski definition) is 3. The Hall–Kier alpha value is -0.890. The van der Waals surface area contributed by atoms with Gasteiger partial charge in [0.1, 0.15) is 0 Å². The molecule has 142 valence electrons. The molecule has 5 nitrogen and oxygen atoms in total. The second-order valence-corrected chi connectivity index (χ2v) is 6.81. The third kappa shape index (κ3) is 8.35. The van der Waals surface area contributed by atoms with Crippen molar-refractivity contribution in [3.63, 3.8) is 0 Å². The molecule has 0 spiro atoms. The Labute approximate surface area is 170 Å². The minimum absolute atomic E-state index is 0. The van der Waals surface area contributed by atoms with Crippen LogP contribution in [0.2, 0.25) is 0 Å². The average Bonchev–Trinajstić information content (AvgIpc) is 2.60. The van der Waals surface area contributed by atoms with Crippen molar-refractivity contribution < 1.29 is 0 Å². The van der Waals surface area contributed by atoms with Crippen LogP contribution in [0.5, 0.6) is 0 Å². The molecule has 1 saturated heterocycles. The summed E-state index contributed by atoms with van der Waals surface area (Å²) in [6.45, 7) is 11.7. The third-order valence-electron chi connectivity index (χ3n) is 4.57. The van der Waals surface area contributed by atoms with Gasteiger partial charge < -0.3 is 10.6 Å². The predicted molar refractivity (Wildman–Crippen MR) is 117 cm³/mol. The molecule has 2 N–H and O–H groups in total. The van der Waals surface area contributed by atoms with Crippen molar-refractivity contribution in [3.8, 4) is 0 Å². The van der Waals surface area contributed by atoms with Crippen molar-refractivity contribution in [1.29, 1.82) is 0 Å². The number of nitrogens with one attached hydrogen (secondary N) is 2. The van der Waals surface area contributed by atoms with E-state index in [-0.39, 0.29) is 24.0 Å². The number of halogens is 1. The zero-order chi connectivity index (χ0) is 17.2. The van der Waals surface area contributed by atoms with E-state index in [4.69, 9.17) is 4.99 Å². The highest BCUT2D eigenvalue weighted by molar-refractivity contribution is 14.0. The third-order valence-corrected chi connectivity index (χ3v) is 4.57. The van der Waals surface area contributed by atoms with Crippen LogP contribution in [0.1, 0.15) is 39.3 Å². The molecule has 0 bridgehead atoms. The minimum atomic E-state index is 0. The van der Waals surface area contributed by atoms with Crippen LogP contribution < -0.4 is 10.6 Å². The maximum atomic E-state index is 4.78. The Morgan fingerprint density at radius 2 is 2.24 bits per heavy atom. The first-order chi connectivity index (χ1) is 11.7. The smallest absolute Gasteiger partial charge is 0.191 e. The Morgan fingerprint density at radius 3 is 2.92 bits per heavy atom. The molecule has 1 fully saturated rings. The van der Waals surface area contributed by atoms with Crippen molar-refractivity contribution in [2.24, 2.45) is 10.9 Å². The van der Waals surface area contributed by atoms with Gasteiger partial charge >= 0.3 is 0 Å². The number of pyridine rings is 1. The fourth-order valence-electron chi connectivity index (χ4n) is 3.16. The quantitative estimate of drug-likeness (QED) is 0.374. The van der Waals surface area contributed by atoms with Crippen molar-refractivity contribution >= 4 is 29.9 Å². The normalized spacial score (nSPS) is 19.8. The van der Waals surface area contributed by atoms with Crippen molar-refractivity contribution in [1.82, 2.24) is 20.5 Å². The van der Waals surface area contributed by atoms with Crippen molar-refractivity contribution in [2.75, 3.05) is 32.7 Å². The lowest BCUT2D eigenvalue weighted by Crippen LogP contribution is -2.43. The number of rotatable bonds is 7. The Bertz CT molecular complexity index is 494. The maximum absolute atomic E-state index is 4.78. The van der Waals surface area contributed by atoms with Crippen LogP contribution >= 0.6 is 24.0 Å². The van der Waals surface area contributed by atoms with E-state index in [9.17, 15) is 0 Å². The van der Waals surface area contributed by atoms with Crippen molar-refractivity contribution in [2.45, 2.75) is 46.1 Å². The highest BCUT2D eigenvalue weighted by Crippen LogP contribution is 2.17. The standard InChI is InChI=1S/C19H33N5.HI/c1-4-20-19(22-12-10-18-9-5-6-11-21-18)23-14-17(3)24-13-7-8-16(2)15-24;/h5-6,9,11,16-17H,4,7-8,10,12-15H2,1-3H3,(H2,20,22,23);1H. The second kappa shape index (κ2) is 12.5. The fraction of sp³-hybridized carbons (Fsp3) is 0.684. The van der Waals surface area contributed by atoms with Gasteiger partial charge in [-0.3, -0.25) is 14.9 Å². The monoisotopic (exact) mass is 459 g/mol. The van der Waals surface area contributed by atoms with E-state index in [2.05, 4.69) is 47.4 Å². The second-order valence-electron chi connectivity index (χ2n) is 6.81. The van der Waals surface area contributed by atoms with E-state index in [0.29, 0.717) is 6.04 Å². The van der Waals surface area contributed by atoms with Crippen LogP contribution in [0.25, 0.3) is 0 Å². The summed E-state index contributed by atoms with van der Waals surface area (Å²) in [5.74, 6) is 1.72. The molecule has 1 aromatic heterocycles. The van der Waals surface area contributed by atoms with Crippen LogP contribution in [-0.4, -0.2) is 54.6 Å². The molecule has 1 aliphatic rings. The van der Waals surface area contributed by atoms with Gasteiger partial charge in [-0.15, -0.1) is 24.0 Å². The molecular formula is C19H34IN5. The zero-order valence-electron chi connectivity index (χ0n) is 15.9. The topological polar surface area (TPSA) is 52.6 Å². The van der Waals surface area contributed by atoms with E-state index in [1.165, 1.54) is 25.9 Å². The molecule has 6 heteroatoms. The summed E-state index contributed by atoms with van der Waals surface area (Å²) in [5.41, 5.74) is 1.11. The molecule has 1 aliphatic heterocycles. The number of hydrogen-bond donors (Lipinski definition) is 2. The number of piperidine rings is 1. The van der Waals surface area contributed by atoms with Gasteiger partial charge in [0.25, 0.3) is 0 Å². The van der Waals surface area contributed by atoms with Gasteiger partial charge in [0.2, 0.25) is 0 Å². The van der Waals surface area contributed by atoms with Gasteiger partial charge in [-0.1, -0.05) is 13.0 Å². The van der Waals surface area contributed by atoms with Gasteiger partial charge in [-0.25, -0.2) is 0 Å². The number of aromatic nitrogens is 1. The van der Waals surface area contributed by atoms with Crippen LogP contribution in [0.4, 0.5) is 0 Å². The molecule has 0 aliphatic carbocycles. The zero-order valence-corrected chi connectivity index (χ0v) is 18.2. The molecule has 2 unspecified atom stereocenters. The Kier molecular flexibility index (Phi) is 11.0. The van der Waals surface area contributed by atoms with Crippen LogP contribution in [0.15, 0.2) is 29.4 Å². The molecule has 0 radical (unpaired) electrons. The highest BCUT2D eigenvalue weighted by atomic mass is 127. The average molecular weight is 459 g/mol. The fourth-order valence-corrected chi connectivity index (χ4v) is 3.16. The lowest BCUT2D eigenvalue weighted by atomic mass is 9.99. The van der Waals surface area contributed by atoms with Crippen LogP contribution in [0, 0.1) is 5.92 Å². The first-order valence-corrected chi connectivity index (χ1v) is 9.35. The minimum Gasteiger partial charge on any atom is -0.357 e. The molecule has 2 atom stereocenters. The van der Waals surface area contributed by atoms with Crippen molar-refractivity contribution in [3.05, 3.63) is 30.1 Å². The molecule has 2 heterocycles. The predicted octanol–water partition coefficient (Wildman–Crippen LogP) is 2.92. The number of aliphatic imine (C=N–C) groups is 1. The number of nitrogens with zero attached hydrogens (tertiary/aromatic N) is 3. The van der Waals surface area contributed by atoms with E-state index in [1.807, 2.05) is 18.3 Å². The number of guanidine groups is 1. The molecule has 0 aromatic carbocycles. The number of likely N-dealkylation sites (tertiary alicyclic amines) is 1. The van der Waals surface area contributed by atoms with Gasteiger partial charge in [-0.2, -0.15) is 0 Å². The van der Waals surface area contributed by atoms with Gasteiger partial charge in [-0.05, 0) is 51.3 Å². The summed E-state index contributed by atoms with van der Waals surface area (Å²) in [7, 11) is 0. The Morgan fingerprint density at radius 1 is 1.40 bits per heavy atom. The van der Waals surface area contributed by atoms with Crippen LogP contribution in [-0.2, 0) is 6.42 Å². The summed E-state index contributed by atoms with van der Waals surface area (Å²) in [6.07, 6.45) is 5.43. The molecule has 0 amide bonds. The molecule has 2 rings (SSSR count). The molecule has 0 saturated carbocycles. The van der Waals surface area contributed by atoms with E-state index >= 15 is 0 Å².